The third-order valence-electron chi connectivity index (χ3n) is 4.00. The van der Waals surface area contributed by atoms with Gasteiger partial charge in [-0.05, 0) is 12.8 Å². The molecule has 4 N–H and O–H groups in total. The Balaban J connectivity index is 2.33. The molecule has 2 aliphatic rings. The van der Waals surface area contributed by atoms with Crippen molar-refractivity contribution in [3.05, 3.63) is 0 Å². The van der Waals surface area contributed by atoms with Gasteiger partial charge >= 0.3 is 0 Å². The molecule has 1 saturated heterocycles. The number of aliphatic hydroxyl groups excluding tert-OH is 2. The van der Waals surface area contributed by atoms with Crippen LogP contribution in [0.5, 0.6) is 0 Å². The Hall–Kier alpha value is -0.240. The van der Waals surface area contributed by atoms with Crippen molar-refractivity contribution in [2.24, 2.45) is 0 Å². The average molecular weight is 248 g/mol. The summed E-state index contributed by atoms with van der Waals surface area (Å²) < 4.78 is 10.4. The van der Waals surface area contributed by atoms with Crippen LogP contribution in [0.4, 0.5) is 0 Å². The molecule has 1 heterocycles. The molecule has 5 atom stereocenters. The van der Waals surface area contributed by atoms with E-state index in [9.17, 15) is 15.3 Å². The van der Waals surface area contributed by atoms with Gasteiger partial charge in [0.2, 0.25) is 0 Å². The number of hydrogen-bond acceptors (Lipinski definition) is 6. The van der Waals surface area contributed by atoms with E-state index in [-0.39, 0.29) is 0 Å². The molecule has 0 aromatic rings. The predicted octanol–water partition coefficient (Wildman–Crippen LogP) is -1.25. The number of methoxy groups -OCH3 is 1. The number of aliphatic hydroxyl groups is 4. The molecule has 6 nitrogen and oxygen atoms in total. The summed E-state index contributed by atoms with van der Waals surface area (Å²) in [5.74, 6) is 0. The van der Waals surface area contributed by atoms with Crippen molar-refractivity contribution in [1.29, 1.82) is 0 Å². The van der Waals surface area contributed by atoms with Gasteiger partial charge in [-0.3, -0.25) is 0 Å². The topological polar surface area (TPSA) is 99.4 Å². The summed E-state index contributed by atoms with van der Waals surface area (Å²) in [6, 6.07) is 0. The van der Waals surface area contributed by atoms with Gasteiger partial charge in [-0.1, -0.05) is 12.8 Å². The molecule has 1 aliphatic heterocycles. The van der Waals surface area contributed by atoms with Crippen molar-refractivity contribution in [3.8, 4) is 0 Å². The molecule has 100 valence electrons. The second-order valence-electron chi connectivity index (χ2n) is 4.93. The van der Waals surface area contributed by atoms with Gasteiger partial charge in [-0.15, -0.1) is 0 Å². The maximum absolute atomic E-state index is 10.6. The Kier molecular flexibility index (Phi) is 3.46. The average Bonchev–Trinajstić information content (AvgIpc) is 2.56. The standard InChI is InChI=1S/C11H20O6/c1-16-9-11(15)5-3-2-4-10(11,14)8(17-9)7(13)6-12/h7-9,12-15H,2-6H2,1H3/t7-,8-,9+,10+,11+/m0/s1. The first-order chi connectivity index (χ1) is 7.99. The monoisotopic (exact) mass is 248 g/mol. The highest BCUT2D eigenvalue weighted by Gasteiger charge is 2.68. The summed E-state index contributed by atoms with van der Waals surface area (Å²) in [6.07, 6.45) is -1.04. The van der Waals surface area contributed by atoms with E-state index < -0.39 is 36.3 Å². The van der Waals surface area contributed by atoms with Crippen LogP contribution in [0.3, 0.4) is 0 Å². The van der Waals surface area contributed by atoms with Crippen molar-refractivity contribution in [3.63, 3.8) is 0 Å². The molecule has 1 saturated carbocycles. The zero-order chi connectivity index (χ0) is 12.7. The van der Waals surface area contributed by atoms with Gasteiger partial charge < -0.3 is 29.9 Å². The minimum atomic E-state index is -1.56. The Morgan fingerprint density at radius 2 is 1.88 bits per heavy atom. The molecule has 0 aromatic carbocycles. The molecular formula is C11H20O6. The van der Waals surface area contributed by atoms with E-state index >= 15 is 0 Å². The highest BCUT2D eigenvalue weighted by Crippen LogP contribution is 2.50. The number of rotatable bonds is 3. The summed E-state index contributed by atoms with van der Waals surface area (Å²) >= 11 is 0. The molecule has 0 spiro atoms. The van der Waals surface area contributed by atoms with Gasteiger partial charge in [0.15, 0.2) is 6.29 Å². The molecule has 0 bridgehead atoms. The quantitative estimate of drug-likeness (QED) is 0.498. The molecule has 0 unspecified atom stereocenters. The third-order valence-corrected chi connectivity index (χ3v) is 4.00. The van der Waals surface area contributed by atoms with E-state index in [1.54, 1.807) is 0 Å². The molecule has 17 heavy (non-hydrogen) atoms. The molecule has 0 amide bonds. The minimum absolute atomic E-state index is 0.324. The predicted molar refractivity (Wildman–Crippen MR) is 57.1 cm³/mol. The fraction of sp³-hybridized carbons (Fsp3) is 1.00. The van der Waals surface area contributed by atoms with Crippen molar-refractivity contribution in [2.75, 3.05) is 13.7 Å². The maximum atomic E-state index is 10.6. The highest BCUT2D eigenvalue weighted by molar-refractivity contribution is 5.15. The molecular weight excluding hydrogens is 228 g/mol. The molecule has 6 heteroatoms. The first-order valence-corrected chi connectivity index (χ1v) is 5.91. The molecule has 1 aliphatic carbocycles. The van der Waals surface area contributed by atoms with Crippen molar-refractivity contribution in [1.82, 2.24) is 0 Å². The normalized spacial score (nSPS) is 47.8. The SMILES string of the molecule is CO[C@@H]1O[C@@H]([C@@H](O)CO)[C@]2(O)CCCC[C@@]12O. The summed E-state index contributed by atoms with van der Waals surface area (Å²) in [4.78, 5) is 0. The Morgan fingerprint density at radius 3 is 2.41 bits per heavy atom. The zero-order valence-electron chi connectivity index (χ0n) is 9.87. The van der Waals surface area contributed by atoms with E-state index in [1.807, 2.05) is 0 Å². The van der Waals surface area contributed by atoms with Crippen LogP contribution in [0.2, 0.25) is 0 Å². The lowest BCUT2D eigenvalue weighted by Gasteiger charge is -2.44. The second kappa shape index (κ2) is 4.46. The molecule has 2 fully saturated rings. The van der Waals surface area contributed by atoms with Crippen LogP contribution < -0.4 is 0 Å². The number of ether oxygens (including phenoxy) is 2. The van der Waals surface area contributed by atoms with Crippen molar-refractivity contribution in [2.45, 2.75) is 55.4 Å². The van der Waals surface area contributed by atoms with Crippen LogP contribution in [0, 0.1) is 0 Å². The lowest BCUT2D eigenvalue weighted by molar-refractivity contribution is -0.218. The Bertz CT molecular complexity index is 285. The van der Waals surface area contributed by atoms with Gasteiger partial charge in [-0.25, -0.2) is 0 Å². The molecule has 2 rings (SSSR count). The highest BCUT2D eigenvalue weighted by atomic mass is 16.7. The van der Waals surface area contributed by atoms with Gasteiger partial charge in [0.05, 0.1) is 6.61 Å². The Morgan fingerprint density at radius 1 is 1.29 bits per heavy atom. The lowest BCUT2D eigenvalue weighted by atomic mass is 9.69. The van der Waals surface area contributed by atoms with Gasteiger partial charge in [-0.2, -0.15) is 0 Å². The van der Waals surface area contributed by atoms with E-state index in [1.165, 1.54) is 7.11 Å². The summed E-state index contributed by atoms with van der Waals surface area (Å²) in [6.45, 7) is -0.528. The largest absolute Gasteiger partial charge is 0.394 e. The second-order valence-corrected chi connectivity index (χ2v) is 4.93. The number of hydrogen-bond donors (Lipinski definition) is 4. The third kappa shape index (κ3) is 1.71. The van der Waals surface area contributed by atoms with Crippen LogP contribution in [-0.2, 0) is 9.47 Å². The first kappa shape index (κ1) is 13.2. The maximum Gasteiger partial charge on any atom is 0.189 e. The fourth-order valence-corrected chi connectivity index (χ4v) is 3.05. The van der Waals surface area contributed by atoms with E-state index in [2.05, 4.69) is 0 Å². The van der Waals surface area contributed by atoms with Crippen LogP contribution in [0.15, 0.2) is 0 Å². The zero-order valence-corrected chi connectivity index (χ0v) is 9.87. The van der Waals surface area contributed by atoms with Crippen LogP contribution in [0.25, 0.3) is 0 Å². The fourth-order valence-electron chi connectivity index (χ4n) is 3.05. The van der Waals surface area contributed by atoms with Crippen molar-refractivity contribution < 1.29 is 29.9 Å². The van der Waals surface area contributed by atoms with Gasteiger partial charge in [0.1, 0.15) is 23.4 Å². The van der Waals surface area contributed by atoms with E-state index in [0.717, 1.165) is 12.8 Å². The first-order valence-electron chi connectivity index (χ1n) is 5.91. The van der Waals surface area contributed by atoms with E-state index in [4.69, 9.17) is 14.6 Å². The molecule has 0 aromatic heterocycles. The summed E-state index contributed by atoms with van der Waals surface area (Å²) in [5, 5.41) is 39.8. The number of fused-ring (bicyclic) bond motifs is 1. The van der Waals surface area contributed by atoms with E-state index in [0.29, 0.717) is 12.8 Å². The van der Waals surface area contributed by atoms with Crippen LogP contribution in [-0.4, -0.2) is 63.8 Å². The van der Waals surface area contributed by atoms with Crippen molar-refractivity contribution >= 4 is 0 Å². The summed E-state index contributed by atoms with van der Waals surface area (Å²) in [5.41, 5.74) is -3.07. The Labute approximate surface area is 99.8 Å². The molecule has 0 radical (unpaired) electrons. The van der Waals surface area contributed by atoms with Crippen LogP contribution in [0.1, 0.15) is 25.7 Å². The summed E-state index contributed by atoms with van der Waals surface area (Å²) in [7, 11) is 1.38. The lowest BCUT2D eigenvalue weighted by Crippen LogP contribution is -2.63. The minimum Gasteiger partial charge on any atom is -0.394 e. The van der Waals surface area contributed by atoms with Crippen LogP contribution >= 0.6 is 0 Å². The smallest absolute Gasteiger partial charge is 0.189 e. The van der Waals surface area contributed by atoms with Gasteiger partial charge in [0.25, 0.3) is 0 Å². The van der Waals surface area contributed by atoms with Gasteiger partial charge in [0, 0.05) is 7.11 Å².